The average Bonchev–Trinajstić information content (AvgIpc) is 2.45. The Labute approximate surface area is 55.5 Å². The first-order valence-electron chi connectivity index (χ1n) is 3.52. The van der Waals surface area contributed by atoms with E-state index in [2.05, 4.69) is 16.8 Å². The van der Waals surface area contributed by atoms with Crippen molar-refractivity contribution in [3.63, 3.8) is 0 Å². The zero-order chi connectivity index (χ0) is 6.27. The number of likely N-dealkylation sites (tertiary alicyclic amines) is 1. The van der Waals surface area contributed by atoms with Crippen molar-refractivity contribution in [3.05, 3.63) is 12.8 Å². The van der Waals surface area contributed by atoms with E-state index in [0.717, 1.165) is 18.6 Å². The summed E-state index contributed by atoms with van der Waals surface area (Å²) in [5, 5.41) is 3.43. The van der Waals surface area contributed by atoms with Crippen LogP contribution in [0.15, 0.2) is 12.8 Å². The Bertz CT molecular complexity index is 133. The van der Waals surface area contributed by atoms with Gasteiger partial charge in [0.15, 0.2) is 0 Å². The third kappa shape index (κ3) is 0.663. The lowest BCUT2D eigenvalue weighted by molar-refractivity contribution is 0.311. The second kappa shape index (κ2) is 1.74. The first-order valence-corrected chi connectivity index (χ1v) is 3.52. The molecule has 0 aromatic carbocycles. The Morgan fingerprint density at radius 2 is 2.56 bits per heavy atom. The van der Waals surface area contributed by atoms with E-state index in [-0.39, 0.29) is 0 Å². The molecule has 2 atom stereocenters. The molecule has 2 saturated heterocycles. The number of nitrogens with zero attached hydrogens (tertiary/aromatic N) is 1. The minimum Gasteiger partial charge on any atom is -0.372 e. The molecule has 2 heteroatoms. The molecule has 2 aliphatic heterocycles. The van der Waals surface area contributed by atoms with Crippen LogP contribution < -0.4 is 5.32 Å². The second-order valence-corrected chi connectivity index (χ2v) is 2.87. The van der Waals surface area contributed by atoms with Crippen molar-refractivity contribution >= 4 is 0 Å². The van der Waals surface area contributed by atoms with Gasteiger partial charge in [0.05, 0.1) is 0 Å². The number of nitrogens with one attached hydrogen (secondary N) is 1. The van der Waals surface area contributed by atoms with Crippen molar-refractivity contribution < 1.29 is 0 Å². The fourth-order valence-electron chi connectivity index (χ4n) is 1.82. The molecule has 2 nitrogen and oxygen atoms in total. The van der Waals surface area contributed by atoms with Gasteiger partial charge in [-0.3, -0.25) is 0 Å². The van der Waals surface area contributed by atoms with Crippen LogP contribution >= 0.6 is 0 Å². The van der Waals surface area contributed by atoms with Crippen LogP contribution in [0.25, 0.3) is 0 Å². The number of hydrogen-bond donors (Lipinski definition) is 1. The van der Waals surface area contributed by atoms with E-state index in [0.29, 0.717) is 0 Å². The molecule has 0 amide bonds. The van der Waals surface area contributed by atoms with E-state index in [9.17, 15) is 0 Å². The number of hydrogen-bond acceptors (Lipinski definition) is 2. The lowest BCUT2D eigenvalue weighted by Crippen LogP contribution is -2.40. The molecule has 50 valence electrons. The molecular formula is C7H12N2. The van der Waals surface area contributed by atoms with Crippen molar-refractivity contribution in [2.75, 3.05) is 13.1 Å². The SMILES string of the molecule is C=CN1C[C@@H]2C[C@H]1CN2. The fraction of sp³-hybridized carbons (Fsp3) is 0.714. The first-order chi connectivity index (χ1) is 4.40. The molecule has 1 N–H and O–H groups in total. The highest BCUT2D eigenvalue weighted by atomic mass is 15.3. The normalized spacial score (nSPS) is 39.8. The standard InChI is InChI=1S/C7H12N2/c1-2-9-5-6-3-7(9)4-8-6/h2,6-8H,1,3-5H2/t6-,7-/m0/s1. The molecule has 0 aromatic heterocycles. The van der Waals surface area contributed by atoms with Gasteiger partial charge in [0, 0.05) is 25.2 Å². The van der Waals surface area contributed by atoms with E-state index in [1.54, 1.807) is 0 Å². The summed E-state index contributed by atoms with van der Waals surface area (Å²) in [4.78, 5) is 2.33. The minimum atomic E-state index is 0.757. The highest BCUT2D eigenvalue weighted by molar-refractivity contribution is 5.00. The molecular weight excluding hydrogens is 112 g/mol. The van der Waals surface area contributed by atoms with E-state index in [1.807, 2.05) is 6.20 Å². The summed E-state index contributed by atoms with van der Waals surface area (Å²) < 4.78 is 0. The predicted molar refractivity (Wildman–Crippen MR) is 37.1 cm³/mol. The zero-order valence-electron chi connectivity index (χ0n) is 5.51. The van der Waals surface area contributed by atoms with E-state index >= 15 is 0 Å². The molecule has 0 radical (unpaired) electrons. The molecule has 0 saturated carbocycles. The van der Waals surface area contributed by atoms with Gasteiger partial charge in [0.25, 0.3) is 0 Å². The van der Waals surface area contributed by atoms with Crippen LogP contribution in [0, 0.1) is 0 Å². The largest absolute Gasteiger partial charge is 0.372 e. The summed E-state index contributed by atoms with van der Waals surface area (Å²) in [5.41, 5.74) is 0. The summed E-state index contributed by atoms with van der Waals surface area (Å²) in [6.07, 6.45) is 3.29. The Morgan fingerprint density at radius 3 is 2.89 bits per heavy atom. The van der Waals surface area contributed by atoms with Gasteiger partial charge in [0.2, 0.25) is 0 Å². The predicted octanol–water partition coefficient (Wildman–Crippen LogP) is 0.176. The summed E-state index contributed by atoms with van der Waals surface area (Å²) in [6.45, 7) is 6.10. The molecule has 2 aliphatic rings. The highest BCUT2D eigenvalue weighted by Gasteiger charge is 2.35. The van der Waals surface area contributed by atoms with E-state index in [4.69, 9.17) is 0 Å². The van der Waals surface area contributed by atoms with Gasteiger partial charge in [-0.2, -0.15) is 0 Å². The van der Waals surface area contributed by atoms with Gasteiger partial charge in [-0.15, -0.1) is 0 Å². The number of rotatable bonds is 1. The lowest BCUT2D eigenvalue weighted by Gasteiger charge is -2.24. The maximum absolute atomic E-state index is 3.76. The van der Waals surface area contributed by atoms with Crippen LogP contribution in [0.3, 0.4) is 0 Å². The summed E-state index contributed by atoms with van der Waals surface area (Å²) in [6, 6.07) is 1.51. The van der Waals surface area contributed by atoms with Gasteiger partial charge >= 0.3 is 0 Å². The Kier molecular flexibility index (Phi) is 1.02. The van der Waals surface area contributed by atoms with Crippen molar-refractivity contribution in [1.29, 1.82) is 0 Å². The van der Waals surface area contributed by atoms with Crippen LogP contribution in [0.1, 0.15) is 6.42 Å². The topological polar surface area (TPSA) is 15.3 Å². The smallest absolute Gasteiger partial charge is 0.0425 e. The van der Waals surface area contributed by atoms with Crippen molar-refractivity contribution in [2.24, 2.45) is 0 Å². The third-order valence-electron chi connectivity index (χ3n) is 2.33. The molecule has 0 spiro atoms. The van der Waals surface area contributed by atoms with E-state index in [1.165, 1.54) is 13.0 Å². The van der Waals surface area contributed by atoms with Crippen molar-refractivity contribution in [3.8, 4) is 0 Å². The monoisotopic (exact) mass is 124 g/mol. The first kappa shape index (κ1) is 5.30. The number of fused-ring (bicyclic) bond motifs is 2. The third-order valence-corrected chi connectivity index (χ3v) is 2.33. The zero-order valence-corrected chi connectivity index (χ0v) is 5.51. The molecule has 0 unspecified atom stereocenters. The van der Waals surface area contributed by atoms with Crippen LogP contribution in [-0.2, 0) is 0 Å². The maximum atomic E-state index is 3.76. The van der Waals surface area contributed by atoms with E-state index < -0.39 is 0 Å². The maximum Gasteiger partial charge on any atom is 0.0425 e. The van der Waals surface area contributed by atoms with Crippen LogP contribution in [0.2, 0.25) is 0 Å². The van der Waals surface area contributed by atoms with Crippen molar-refractivity contribution in [2.45, 2.75) is 18.5 Å². The minimum absolute atomic E-state index is 0.757. The molecule has 2 bridgehead atoms. The van der Waals surface area contributed by atoms with Gasteiger partial charge < -0.3 is 10.2 Å². The van der Waals surface area contributed by atoms with Gasteiger partial charge in [-0.05, 0) is 12.6 Å². The van der Waals surface area contributed by atoms with Gasteiger partial charge in [-0.25, -0.2) is 0 Å². The molecule has 0 aliphatic carbocycles. The Balaban J connectivity index is 2.09. The molecule has 2 rings (SSSR count). The highest BCUT2D eigenvalue weighted by Crippen LogP contribution is 2.22. The second-order valence-electron chi connectivity index (χ2n) is 2.87. The van der Waals surface area contributed by atoms with Crippen LogP contribution in [0.4, 0.5) is 0 Å². The Morgan fingerprint density at radius 1 is 1.67 bits per heavy atom. The van der Waals surface area contributed by atoms with Crippen LogP contribution in [0.5, 0.6) is 0 Å². The Hall–Kier alpha value is -0.500. The van der Waals surface area contributed by atoms with Gasteiger partial charge in [-0.1, -0.05) is 6.58 Å². The molecule has 0 aromatic rings. The molecule has 2 heterocycles. The molecule has 2 fully saturated rings. The fourth-order valence-corrected chi connectivity index (χ4v) is 1.82. The van der Waals surface area contributed by atoms with Gasteiger partial charge in [0.1, 0.15) is 0 Å². The molecule has 9 heavy (non-hydrogen) atoms. The average molecular weight is 124 g/mol. The summed E-state index contributed by atoms with van der Waals surface area (Å²) >= 11 is 0. The van der Waals surface area contributed by atoms with Crippen molar-refractivity contribution in [1.82, 2.24) is 10.2 Å². The lowest BCUT2D eigenvalue weighted by atomic mass is 10.2. The summed E-state index contributed by atoms with van der Waals surface area (Å²) in [7, 11) is 0. The quantitative estimate of drug-likeness (QED) is 0.536. The summed E-state index contributed by atoms with van der Waals surface area (Å²) in [5.74, 6) is 0. The van der Waals surface area contributed by atoms with Crippen LogP contribution in [-0.4, -0.2) is 30.1 Å². The number of piperazine rings is 1.